The van der Waals surface area contributed by atoms with E-state index in [-0.39, 0.29) is 17.8 Å². The van der Waals surface area contributed by atoms with Gasteiger partial charge in [0.25, 0.3) is 0 Å². The van der Waals surface area contributed by atoms with Crippen molar-refractivity contribution in [3.63, 3.8) is 0 Å². The highest BCUT2D eigenvalue weighted by Crippen LogP contribution is 2.59. The van der Waals surface area contributed by atoms with E-state index in [9.17, 15) is 0 Å². The molecule has 0 fully saturated rings. The number of ether oxygens (including phenoxy) is 2. The van der Waals surface area contributed by atoms with Crippen molar-refractivity contribution in [2.24, 2.45) is 11.8 Å². The maximum Gasteiger partial charge on any atom is 0.159 e. The Balaban J connectivity index is 0.804. The second kappa shape index (κ2) is 15.1. The van der Waals surface area contributed by atoms with Crippen molar-refractivity contribution in [3.05, 3.63) is 251 Å². The van der Waals surface area contributed by atoms with Crippen molar-refractivity contribution in [2.75, 3.05) is 9.80 Å². The fraction of sp³-hybridized carbons (Fsp3) is 0.108. The fourth-order valence-corrected chi connectivity index (χ4v) is 12.2. The molecule has 2 aromatic heterocycles. The molecule has 3 aliphatic carbocycles. The number of aryl methyl sites for hydroxylation is 2. The lowest BCUT2D eigenvalue weighted by molar-refractivity contribution is 0.293. The van der Waals surface area contributed by atoms with E-state index in [2.05, 4.69) is 207 Å². The molecule has 71 heavy (non-hydrogen) atoms. The second-order valence-corrected chi connectivity index (χ2v) is 19.7. The maximum absolute atomic E-state index is 6.99. The van der Waals surface area contributed by atoms with E-state index in [1.54, 1.807) is 0 Å². The summed E-state index contributed by atoms with van der Waals surface area (Å²) < 4.78 is 27.2. The summed E-state index contributed by atoms with van der Waals surface area (Å²) in [4.78, 5) is 4.69. The third kappa shape index (κ3) is 6.01. The van der Waals surface area contributed by atoms with Crippen molar-refractivity contribution in [3.8, 4) is 5.75 Å². The molecule has 3 atom stereocenters. The van der Waals surface area contributed by atoms with E-state index in [0.717, 1.165) is 118 Å². The van der Waals surface area contributed by atoms with E-state index >= 15 is 0 Å². The van der Waals surface area contributed by atoms with Gasteiger partial charge in [-0.2, -0.15) is 0 Å². The minimum atomic E-state index is 0.0175. The van der Waals surface area contributed by atoms with Crippen LogP contribution < -0.4 is 14.5 Å². The number of hydrogen-bond acceptors (Lipinski definition) is 6. The van der Waals surface area contributed by atoms with Crippen molar-refractivity contribution >= 4 is 83.1 Å². The van der Waals surface area contributed by atoms with Gasteiger partial charge in [-0.05, 0) is 151 Å². The molecule has 0 saturated heterocycles. The van der Waals surface area contributed by atoms with Crippen LogP contribution in [0.3, 0.4) is 0 Å². The van der Waals surface area contributed by atoms with Crippen LogP contribution in [0.15, 0.2) is 243 Å². The molecule has 3 unspecified atom stereocenters. The van der Waals surface area contributed by atoms with Crippen LogP contribution in [-0.2, 0) is 4.74 Å². The molecule has 6 nitrogen and oxygen atoms in total. The molecule has 10 aromatic rings. The van der Waals surface area contributed by atoms with E-state index in [4.69, 9.17) is 18.3 Å². The van der Waals surface area contributed by atoms with E-state index < -0.39 is 0 Å². The van der Waals surface area contributed by atoms with E-state index in [0.29, 0.717) is 0 Å². The second-order valence-electron chi connectivity index (χ2n) is 19.7. The molecule has 8 aromatic carbocycles. The van der Waals surface area contributed by atoms with Gasteiger partial charge in [-0.1, -0.05) is 109 Å². The minimum absolute atomic E-state index is 0.0175. The summed E-state index contributed by atoms with van der Waals surface area (Å²) in [6, 6.07) is 58.1. The summed E-state index contributed by atoms with van der Waals surface area (Å²) in [6.07, 6.45) is 12.4. The Morgan fingerprint density at radius 3 is 1.83 bits per heavy atom. The lowest BCUT2D eigenvalue weighted by Crippen LogP contribution is -2.23. The predicted molar refractivity (Wildman–Crippen MR) is 287 cm³/mol. The smallest absolute Gasteiger partial charge is 0.159 e. The minimum Gasteiger partial charge on any atom is -0.461 e. The molecule has 0 amide bonds. The Morgan fingerprint density at radius 2 is 1.13 bits per heavy atom. The van der Waals surface area contributed by atoms with Crippen LogP contribution in [0.2, 0.25) is 0 Å². The normalized spacial score (nSPS) is 18.7. The molecule has 0 radical (unpaired) electrons. The van der Waals surface area contributed by atoms with Crippen LogP contribution in [0, 0.1) is 25.7 Å². The van der Waals surface area contributed by atoms with Crippen LogP contribution in [0.25, 0.3) is 54.6 Å². The molecule has 0 saturated carbocycles. The highest BCUT2D eigenvalue weighted by molar-refractivity contribution is 6.11. The Kier molecular flexibility index (Phi) is 8.56. The number of para-hydroxylation sites is 6. The van der Waals surface area contributed by atoms with Gasteiger partial charge in [0.1, 0.15) is 34.2 Å². The first-order valence-electron chi connectivity index (χ1n) is 24.6. The Bertz CT molecular complexity index is 4170. The standard InChI is InChI=1S/C65H46N2O4/c1-37-14-4-8-20-52(37)66(54-22-12-18-48-46-16-6-10-24-56(46)69-64(48)54)44-28-26-40-33-50-58(35-42(40)31-44)68-60-30-39(3)63-62(61(50)60)51-34-41-27-29-45(32-43(41)36-59(51)71-63)67(53-21-9-5-15-38(53)2)55-23-13-19-49-47-17-7-11-25-57(47)70-65(49)55/h4-33,35-36,41,61-62H,34H2,1-3H3. The molecule has 0 N–H and O–H groups in total. The number of allylic oxidation sites excluding steroid dienone is 9. The topological polar surface area (TPSA) is 51.2 Å². The molecule has 2 aliphatic heterocycles. The van der Waals surface area contributed by atoms with Gasteiger partial charge < -0.3 is 28.1 Å². The Hall–Kier alpha value is -8.74. The summed E-state index contributed by atoms with van der Waals surface area (Å²) >= 11 is 0. The van der Waals surface area contributed by atoms with Gasteiger partial charge in [0.05, 0.1) is 23.2 Å². The zero-order valence-electron chi connectivity index (χ0n) is 39.4. The monoisotopic (exact) mass is 918 g/mol. The molecule has 6 heteroatoms. The van der Waals surface area contributed by atoms with Crippen LogP contribution in [0.5, 0.6) is 5.75 Å². The summed E-state index contributed by atoms with van der Waals surface area (Å²) in [6.45, 7) is 6.51. The number of furan rings is 2. The van der Waals surface area contributed by atoms with Crippen LogP contribution in [-0.4, -0.2) is 0 Å². The van der Waals surface area contributed by atoms with Crippen molar-refractivity contribution in [1.82, 2.24) is 0 Å². The molecule has 15 rings (SSSR count). The Morgan fingerprint density at radius 1 is 0.507 bits per heavy atom. The highest BCUT2D eigenvalue weighted by atomic mass is 16.5. The number of fused-ring (bicyclic) bond motifs is 14. The van der Waals surface area contributed by atoms with Gasteiger partial charge in [-0.25, -0.2) is 0 Å². The fourth-order valence-electron chi connectivity index (χ4n) is 12.2. The summed E-state index contributed by atoms with van der Waals surface area (Å²) in [5, 5.41) is 6.71. The number of rotatable bonds is 6. The first-order valence-corrected chi connectivity index (χ1v) is 24.6. The van der Waals surface area contributed by atoms with E-state index in [1.807, 2.05) is 18.2 Å². The molecule has 5 aliphatic rings. The lowest BCUT2D eigenvalue weighted by atomic mass is 9.71. The van der Waals surface area contributed by atoms with E-state index in [1.165, 1.54) is 33.2 Å². The van der Waals surface area contributed by atoms with Gasteiger partial charge in [0.2, 0.25) is 0 Å². The predicted octanol–water partition coefficient (Wildman–Crippen LogP) is 17.5. The first kappa shape index (κ1) is 40.2. The SMILES string of the molecule is CC1=C2OC3=C(CC4C=CC(N(c5ccccc5C)c5cccc6c5oc5ccccc56)=CC4=C3)C2C2C(=C1)Oc1cc3cc(N(c4ccccc4C)c4cccc5c4oc4ccccc45)ccc3cc12. The summed E-state index contributed by atoms with van der Waals surface area (Å²) in [7, 11) is 0. The number of benzene rings is 8. The van der Waals surface area contributed by atoms with Gasteiger partial charge in [0, 0.05) is 55.8 Å². The molecule has 340 valence electrons. The zero-order chi connectivity index (χ0) is 47.1. The van der Waals surface area contributed by atoms with Crippen LogP contribution in [0.1, 0.15) is 36.0 Å². The third-order valence-corrected chi connectivity index (χ3v) is 15.6. The zero-order valence-corrected chi connectivity index (χ0v) is 39.4. The third-order valence-electron chi connectivity index (χ3n) is 15.6. The largest absolute Gasteiger partial charge is 0.461 e. The molecular formula is C65H46N2O4. The van der Waals surface area contributed by atoms with Crippen molar-refractivity contribution < 1.29 is 18.3 Å². The highest BCUT2D eigenvalue weighted by Gasteiger charge is 2.49. The average Bonchev–Trinajstić information content (AvgIpc) is 4.17. The average molecular weight is 919 g/mol. The number of anilines is 5. The molecular weight excluding hydrogens is 873 g/mol. The van der Waals surface area contributed by atoms with Crippen molar-refractivity contribution in [2.45, 2.75) is 33.1 Å². The number of hydrogen-bond donors (Lipinski definition) is 0. The number of nitrogens with zero attached hydrogens (tertiary/aromatic N) is 2. The van der Waals surface area contributed by atoms with Crippen molar-refractivity contribution in [1.29, 1.82) is 0 Å². The maximum atomic E-state index is 6.99. The molecule has 0 spiro atoms. The summed E-state index contributed by atoms with van der Waals surface area (Å²) in [5.41, 5.74) is 17.1. The van der Waals surface area contributed by atoms with Gasteiger partial charge in [0.15, 0.2) is 11.2 Å². The van der Waals surface area contributed by atoms with Crippen LogP contribution >= 0.6 is 0 Å². The van der Waals surface area contributed by atoms with Crippen LogP contribution in [0.4, 0.5) is 28.4 Å². The van der Waals surface area contributed by atoms with Gasteiger partial charge >= 0.3 is 0 Å². The Labute approximate surface area is 410 Å². The quantitative estimate of drug-likeness (QED) is 0.166. The van der Waals surface area contributed by atoms with Gasteiger partial charge in [-0.3, -0.25) is 0 Å². The molecule has 0 bridgehead atoms. The van der Waals surface area contributed by atoms with Gasteiger partial charge in [-0.15, -0.1) is 0 Å². The first-order chi connectivity index (χ1) is 34.9. The molecule has 4 heterocycles. The summed E-state index contributed by atoms with van der Waals surface area (Å²) in [5.74, 6) is 4.16. The lowest BCUT2D eigenvalue weighted by Gasteiger charge is -2.33.